The van der Waals surface area contributed by atoms with Crippen molar-refractivity contribution in [2.24, 2.45) is 20.5 Å². The van der Waals surface area contributed by atoms with Crippen LogP contribution in [0.1, 0.15) is 0 Å². The van der Waals surface area contributed by atoms with E-state index < -0.39 is 20.2 Å². The van der Waals surface area contributed by atoms with Crippen molar-refractivity contribution in [1.29, 1.82) is 0 Å². The predicted molar refractivity (Wildman–Crippen MR) is 168 cm³/mol. The Balaban J connectivity index is 1.42. The molecule has 0 saturated carbocycles. The summed E-state index contributed by atoms with van der Waals surface area (Å²) in [6.07, 6.45) is 0. The molecule has 0 fully saturated rings. The van der Waals surface area contributed by atoms with E-state index in [9.17, 15) is 31.0 Å². The largest absolute Gasteiger partial charge is 0.506 e. The molecule has 3 N–H and O–H groups in total. The lowest BCUT2D eigenvalue weighted by molar-refractivity contribution is 0.477. The van der Waals surface area contributed by atoms with Crippen molar-refractivity contribution >= 4 is 81.0 Å². The molecular formula is C31H19N5O7S2. The highest BCUT2D eigenvalue weighted by atomic mass is 32.2. The summed E-state index contributed by atoms with van der Waals surface area (Å²) in [6.45, 7) is 7.23. The zero-order valence-corrected chi connectivity index (χ0v) is 24.4. The van der Waals surface area contributed by atoms with Gasteiger partial charge in [-0.3, -0.25) is 9.11 Å². The molecule has 0 bridgehead atoms. The number of nitrogens with zero attached hydrogens (tertiary/aromatic N) is 5. The van der Waals surface area contributed by atoms with Crippen LogP contribution in [0, 0.1) is 6.57 Å². The molecule has 12 nitrogen and oxygen atoms in total. The standard InChI is InChI=1S/C31H19N5O7S2/c1-32-21-6-9-25-20(15-21)4-13-30(37)31(25)36-35-28-11-12-29(27-17-24(45(41,42)43)8-10-26(27)28)34-33-22-5-2-19-16-23(44(38,39)40)7-3-18(19)14-22/h2-17,37H,(H,38,39,40)(H,41,42,43). The fourth-order valence-corrected chi connectivity index (χ4v) is 5.77. The van der Waals surface area contributed by atoms with Gasteiger partial charge in [-0.15, -0.1) is 15.3 Å². The maximum absolute atomic E-state index is 11.9. The lowest BCUT2D eigenvalue weighted by Gasteiger charge is -2.08. The molecule has 45 heavy (non-hydrogen) atoms. The maximum Gasteiger partial charge on any atom is 0.294 e. The molecule has 0 heterocycles. The highest BCUT2D eigenvalue weighted by molar-refractivity contribution is 7.86. The quantitative estimate of drug-likeness (QED) is 0.0926. The monoisotopic (exact) mass is 637 g/mol. The smallest absolute Gasteiger partial charge is 0.294 e. The summed E-state index contributed by atoms with van der Waals surface area (Å²) in [5, 5.41) is 30.8. The van der Waals surface area contributed by atoms with E-state index in [0.29, 0.717) is 44.0 Å². The lowest BCUT2D eigenvalue weighted by atomic mass is 10.1. The number of rotatable bonds is 6. The molecule has 6 aromatic carbocycles. The molecule has 0 aliphatic rings. The number of azo groups is 2. The molecule has 222 valence electrons. The highest BCUT2D eigenvalue weighted by Crippen LogP contribution is 2.40. The van der Waals surface area contributed by atoms with E-state index in [0.717, 1.165) is 0 Å². The number of benzene rings is 6. The number of phenols is 1. The van der Waals surface area contributed by atoms with Gasteiger partial charge in [-0.1, -0.05) is 36.4 Å². The van der Waals surface area contributed by atoms with Crippen LogP contribution in [0.15, 0.2) is 127 Å². The molecule has 0 saturated heterocycles. The normalized spacial score (nSPS) is 12.5. The van der Waals surface area contributed by atoms with Crippen molar-refractivity contribution in [3.05, 3.63) is 108 Å². The Morgan fingerprint density at radius 1 is 0.556 bits per heavy atom. The molecule has 0 aromatic heterocycles. The summed E-state index contributed by atoms with van der Waals surface area (Å²) in [5.41, 5.74) is 1.56. The molecule has 0 atom stereocenters. The molecule has 6 rings (SSSR count). The highest BCUT2D eigenvalue weighted by Gasteiger charge is 2.15. The minimum absolute atomic E-state index is 0.130. The first-order valence-electron chi connectivity index (χ1n) is 12.9. The van der Waals surface area contributed by atoms with Gasteiger partial charge in [0, 0.05) is 16.2 Å². The first-order valence-corrected chi connectivity index (χ1v) is 15.8. The van der Waals surface area contributed by atoms with Crippen LogP contribution in [0.2, 0.25) is 0 Å². The van der Waals surface area contributed by atoms with Gasteiger partial charge in [-0.05, 0) is 76.8 Å². The SMILES string of the molecule is [C-]#[N+]c1ccc2c(N=Nc3ccc(N=Nc4ccc5cc(S(=O)(=O)O)ccc5c4)c4cc(S(=O)(=O)O)ccc34)c(O)ccc2c1. The lowest BCUT2D eigenvalue weighted by Crippen LogP contribution is -1.97. The molecule has 6 aromatic rings. The van der Waals surface area contributed by atoms with Crippen molar-refractivity contribution < 1.29 is 31.0 Å². The van der Waals surface area contributed by atoms with Crippen LogP contribution in [0.5, 0.6) is 5.75 Å². The van der Waals surface area contributed by atoms with Gasteiger partial charge >= 0.3 is 0 Å². The van der Waals surface area contributed by atoms with Gasteiger partial charge in [0.05, 0.1) is 33.4 Å². The average Bonchev–Trinajstić information content (AvgIpc) is 3.01. The van der Waals surface area contributed by atoms with Crippen LogP contribution in [-0.4, -0.2) is 31.0 Å². The Bertz CT molecular complexity index is 2530. The van der Waals surface area contributed by atoms with E-state index in [1.54, 1.807) is 54.6 Å². The van der Waals surface area contributed by atoms with E-state index >= 15 is 0 Å². The third kappa shape index (κ3) is 5.96. The van der Waals surface area contributed by atoms with Gasteiger partial charge < -0.3 is 5.11 Å². The fourth-order valence-electron chi connectivity index (χ4n) is 4.74. The number of aromatic hydroxyl groups is 1. The Labute approximate surface area is 256 Å². The van der Waals surface area contributed by atoms with Crippen molar-refractivity contribution in [3.8, 4) is 5.75 Å². The van der Waals surface area contributed by atoms with E-state index in [-0.39, 0.29) is 32.3 Å². The number of hydrogen-bond acceptors (Lipinski definition) is 9. The van der Waals surface area contributed by atoms with Crippen molar-refractivity contribution in [2.75, 3.05) is 0 Å². The minimum Gasteiger partial charge on any atom is -0.506 e. The van der Waals surface area contributed by atoms with Gasteiger partial charge in [0.2, 0.25) is 0 Å². The number of hydrogen-bond donors (Lipinski definition) is 3. The predicted octanol–water partition coefficient (Wildman–Crippen LogP) is 8.73. The third-order valence-electron chi connectivity index (χ3n) is 6.95. The van der Waals surface area contributed by atoms with Crippen LogP contribution >= 0.6 is 0 Å². The van der Waals surface area contributed by atoms with Crippen LogP contribution in [0.3, 0.4) is 0 Å². The first kappa shape index (κ1) is 29.5. The molecule has 0 unspecified atom stereocenters. The van der Waals surface area contributed by atoms with E-state index in [1.807, 2.05) is 0 Å². The summed E-state index contributed by atoms with van der Waals surface area (Å²) in [5.74, 6) is -0.130. The van der Waals surface area contributed by atoms with Crippen molar-refractivity contribution in [1.82, 2.24) is 0 Å². The topological polar surface area (TPSA) is 183 Å². The van der Waals surface area contributed by atoms with Gasteiger partial charge in [0.25, 0.3) is 20.2 Å². The van der Waals surface area contributed by atoms with E-state index in [2.05, 4.69) is 25.3 Å². The Morgan fingerprint density at radius 3 is 1.89 bits per heavy atom. The van der Waals surface area contributed by atoms with Gasteiger partial charge in [0.15, 0.2) is 5.69 Å². The number of phenolic OH excluding ortho intramolecular Hbond substituents is 1. The summed E-state index contributed by atoms with van der Waals surface area (Å²) >= 11 is 0. The molecule has 0 spiro atoms. The molecular weight excluding hydrogens is 619 g/mol. The molecule has 0 aliphatic heterocycles. The van der Waals surface area contributed by atoms with E-state index in [1.165, 1.54) is 42.5 Å². The maximum atomic E-state index is 11.9. The van der Waals surface area contributed by atoms with Gasteiger partial charge in [-0.2, -0.15) is 21.9 Å². The summed E-state index contributed by atoms with van der Waals surface area (Å²) in [6, 6.07) is 24.0. The van der Waals surface area contributed by atoms with E-state index in [4.69, 9.17) is 6.57 Å². The van der Waals surface area contributed by atoms with Crippen molar-refractivity contribution in [2.45, 2.75) is 9.79 Å². The van der Waals surface area contributed by atoms with Gasteiger partial charge in [-0.25, -0.2) is 4.85 Å². The fraction of sp³-hybridized carbons (Fsp3) is 0. The second kappa shape index (κ2) is 11.2. The third-order valence-corrected chi connectivity index (χ3v) is 8.65. The summed E-state index contributed by atoms with van der Waals surface area (Å²) in [4.78, 5) is 2.80. The minimum atomic E-state index is -4.56. The van der Waals surface area contributed by atoms with Crippen LogP contribution in [0.25, 0.3) is 37.2 Å². The zero-order valence-electron chi connectivity index (χ0n) is 22.8. The first-order chi connectivity index (χ1) is 21.4. The summed E-state index contributed by atoms with van der Waals surface area (Å²) < 4.78 is 65.8. The molecule has 0 amide bonds. The molecule has 14 heteroatoms. The van der Waals surface area contributed by atoms with Crippen LogP contribution in [0.4, 0.5) is 28.4 Å². The van der Waals surface area contributed by atoms with Crippen LogP contribution < -0.4 is 0 Å². The second-order valence-corrected chi connectivity index (χ2v) is 12.6. The zero-order chi connectivity index (χ0) is 31.9. The molecule has 0 radical (unpaired) electrons. The summed E-state index contributed by atoms with van der Waals surface area (Å²) in [7, 11) is -8.92. The second-order valence-electron chi connectivity index (χ2n) is 9.81. The average molecular weight is 638 g/mol. The Morgan fingerprint density at radius 2 is 1.16 bits per heavy atom. The molecule has 0 aliphatic carbocycles. The Hall–Kier alpha value is -5.59. The van der Waals surface area contributed by atoms with Gasteiger partial charge in [0.1, 0.15) is 11.4 Å². The van der Waals surface area contributed by atoms with Crippen molar-refractivity contribution in [3.63, 3.8) is 0 Å². The Kier molecular flexibility index (Phi) is 7.31. The van der Waals surface area contributed by atoms with Crippen LogP contribution in [-0.2, 0) is 20.2 Å². The number of fused-ring (bicyclic) bond motifs is 3.